The number of carbonyl (C=O) groups excluding carboxylic acids is 1. The summed E-state index contributed by atoms with van der Waals surface area (Å²) in [4.78, 5) is 12.5. The van der Waals surface area contributed by atoms with Crippen LogP contribution in [0, 0.1) is 0 Å². The Morgan fingerprint density at radius 3 is 2.38 bits per heavy atom. The van der Waals surface area contributed by atoms with Gasteiger partial charge in [0.05, 0.1) is 5.56 Å². The van der Waals surface area contributed by atoms with Gasteiger partial charge in [-0.3, -0.25) is 4.79 Å². The summed E-state index contributed by atoms with van der Waals surface area (Å²) >= 11 is 11.9. The average Bonchev–Trinajstić information content (AvgIpc) is 2.48. The number of unbranched alkanes of at least 4 members (excludes halogenated alkanes) is 1. The van der Waals surface area contributed by atoms with Gasteiger partial charge in [-0.15, -0.1) is 0 Å². The van der Waals surface area contributed by atoms with E-state index in [1.165, 1.54) is 6.07 Å². The summed E-state index contributed by atoms with van der Waals surface area (Å²) in [5, 5.41) is 11.3. The largest absolute Gasteiger partial charge is 0.507 e. The second-order valence-corrected chi connectivity index (χ2v) is 5.77. The fourth-order valence-electron chi connectivity index (χ4n) is 2.14. The van der Waals surface area contributed by atoms with Crippen molar-refractivity contribution in [1.29, 1.82) is 0 Å². The fraction of sp³-hybridized carbons (Fsp3) is 0.235. The number of rotatable bonds is 5. The lowest BCUT2D eigenvalue weighted by atomic mass is 9.98. The van der Waals surface area contributed by atoms with E-state index in [1.54, 1.807) is 30.3 Å². The molecule has 0 aliphatic heterocycles. The van der Waals surface area contributed by atoms with Gasteiger partial charge in [0.2, 0.25) is 0 Å². The van der Waals surface area contributed by atoms with Gasteiger partial charge in [0.25, 0.3) is 0 Å². The Bertz CT molecular complexity index is 649. The van der Waals surface area contributed by atoms with Crippen molar-refractivity contribution in [3.63, 3.8) is 0 Å². The van der Waals surface area contributed by atoms with E-state index in [0.29, 0.717) is 27.6 Å². The maximum Gasteiger partial charge on any atom is 0.196 e. The van der Waals surface area contributed by atoms with E-state index in [4.69, 9.17) is 23.2 Å². The molecule has 0 bridgehead atoms. The van der Waals surface area contributed by atoms with Crippen LogP contribution in [0.3, 0.4) is 0 Å². The molecule has 0 heterocycles. The van der Waals surface area contributed by atoms with Gasteiger partial charge < -0.3 is 5.11 Å². The van der Waals surface area contributed by atoms with E-state index in [2.05, 4.69) is 6.92 Å². The lowest BCUT2D eigenvalue weighted by molar-refractivity contribution is 0.103. The molecule has 2 aromatic carbocycles. The van der Waals surface area contributed by atoms with Crippen LogP contribution in [0.5, 0.6) is 5.75 Å². The van der Waals surface area contributed by atoms with Crippen LogP contribution in [0.4, 0.5) is 0 Å². The van der Waals surface area contributed by atoms with Gasteiger partial charge in [0, 0.05) is 15.6 Å². The molecular formula is C17H16Cl2O2. The molecule has 4 heteroatoms. The Morgan fingerprint density at radius 2 is 1.76 bits per heavy atom. The minimum atomic E-state index is -0.260. The molecule has 0 saturated heterocycles. The molecule has 0 saturated carbocycles. The molecular weight excluding hydrogens is 307 g/mol. The first-order chi connectivity index (χ1) is 10.0. The summed E-state index contributed by atoms with van der Waals surface area (Å²) in [5.74, 6) is -0.239. The van der Waals surface area contributed by atoms with E-state index < -0.39 is 0 Å². The van der Waals surface area contributed by atoms with Gasteiger partial charge in [0.1, 0.15) is 5.75 Å². The maximum absolute atomic E-state index is 12.5. The van der Waals surface area contributed by atoms with Crippen LogP contribution in [0.25, 0.3) is 0 Å². The highest BCUT2D eigenvalue weighted by molar-refractivity contribution is 6.31. The molecule has 2 aromatic rings. The number of phenols is 1. The Kier molecular flexibility index (Phi) is 5.27. The maximum atomic E-state index is 12.5. The Hall–Kier alpha value is -1.51. The van der Waals surface area contributed by atoms with Gasteiger partial charge in [-0.05, 0) is 54.8 Å². The van der Waals surface area contributed by atoms with Crippen LogP contribution in [0.1, 0.15) is 41.3 Å². The van der Waals surface area contributed by atoms with Crippen LogP contribution >= 0.6 is 23.2 Å². The monoisotopic (exact) mass is 322 g/mol. The summed E-state index contributed by atoms with van der Waals surface area (Å²) in [7, 11) is 0. The van der Waals surface area contributed by atoms with E-state index in [-0.39, 0.29) is 17.1 Å². The van der Waals surface area contributed by atoms with E-state index >= 15 is 0 Å². The van der Waals surface area contributed by atoms with Crippen LogP contribution in [0.2, 0.25) is 10.0 Å². The minimum Gasteiger partial charge on any atom is -0.507 e. The zero-order valence-corrected chi connectivity index (χ0v) is 13.2. The molecule has 1 N–H and O–H groups in total. The summed E-state index contributed by atoms with van der Waals surface area (Å²) in [5.41, 5.74) is 1.41. The first kappa shape index (κ1) is 15.9. The quantitative estimate of drug-likeness (QED) is 0.761. The second kappa shape index (κ2) is 6.97. The molecule has 0 amide bonds. The normalized spacial score (nSPS) is 10.6. The van der Waals surface area contributed by atoms with Crippen molar-refractivity contribution >= 4 is 29.0 Å². The van der Waals surface area contributed by atoms with Crippen molar-refractivity contribution in [2.45, 2.75) is 26.2 Å². The number of ketones is 1. The molecule has 0 spiro atoms. The number of carbonyl (C=O) groups is 1. The van der Waals surface area contributed by atoms with Crippen molar-refractivity contribution < 1.29 is 9.90 Å². The Balaban J connectivity index is 2.40. The number of halogens is 2. The average molecular weight is 323 g/mol. The SMILES string of the molecule is CCCCc1cc(Cl)cc(C(=O)c2ccc(Cl)cc2)c1O. The summed E-state index contributed by atoms with van der Waals surface area (Å²) in [6.45, 7) is 2.07. The molecule has 0 radical (unpaired) electrons. The smallest absolute Gasteiger partial charge is 0.196 e. The fourth-order valence-corrected chi connectivity index (χ4v) is 2.51. The first-order valence-corrected chi connectivity index (χ1v) is 7.60. The molecule has 0 unspecified atom stereocenters. The molecule has 21 heavy (non-hydrogen) atoms. The molecule has 0 aliphatic carbocycles. The number of benzene rings is 2. The number of hydrogen-bond acceptors (Lipinski definition) is 2. The minimum absolute atomic E-state index is 0.0211. The van der Waals surface area contributed by atoms with E-state index in [0.717, 1.165) is 12.8 Å². The highest BCUT2D eigenvalue weighted by Crippen LogP contribution is 2.30. The standard InChI is InChI=1S/C17H16Cl2O2/c1-2-3-4-12-9-14(19)10-15(17(12)21)16(20)11-5-7-13(18)8-6-11/h5-10,21H,2-4H2,1H3. The number of phenolic OH excluding ortho intramolecular Hbond substituents is 1. The third-order valence-electron chi connectivity index (χ3n) is 3.30. The number of hydrogen-bond donors (Lipinski definition) is 1. The van der Waals surface area contributed by atoms with E-state index in [9.17, 15) is 9.90 Å². The summed E-state index contributed by atoms with van der Waals surface area (Å²) in [6, 6.07) is 9.78. The van der Waals surface area contributed by atoms with Crippen LogP contribution in [0.15, 0.2) is 36.4 Å². The summed E-state index contributed by atoms with van der Waals surface area (Å²) in [6.07, 6.45) is 2.64. The van der Waals surface area contributed by atoms with E-state index in [1.807, 2.05) is 0 Å². The molecule has 0 aliphatic rings. The van der Waals surface area contributed by atoms with Crippen molar-refractivity contribution in [3.8, 4) is 5.75 Å². The second-order valence-electron chi connectivity index (χ2n) is 4.90. The third kappa shape index (κ3) is 3.78. The van der Waals surface area contributed by atoms with Gasteiger partial charge in [-0.1, -0.05) is 36.5 Å². The third-order valence-corrected chi connectivity index (χ3v) is 3.77. The van der Waals surface area contributed by atoms with Crippen LogP contribution in [-0.4, -0.2) is 10.9 Å². The lowest BCUT2D eigenvalue weighted by Gasteiger charge is -2.10. The van der Waals surface area contributed by atoms with Crippen LogP contribution < -0.4 is 0 Å². The van der Waals surface area contributed by atoms with Crippen LogP contribution in [-0.2, 0) is 6.42 Å². The van der Waals surface area contributed by atoms with Crippen molar-refractivity contribution in [2.24, 2.45) is 0 Å². The Labute approximate surface area is 134 Å². The molecule has 0 atom stereocenters. The topological polar surface area (TPSA) is 37.3 Å². The lowest BCUT2D eigenvalue weighted by Crippen LogP contribution is -2.03. The Morgan fingerprint density at radius 1 is 1.10 bits per heavy atom. The number of aryl methyl sites for hydroxylation is 1. The van der Waals surface area contributed by atoms with Crippen molar-refractivity contribution in [1.82, 2.24) is 0 Å². The highest BCUT2D eigenvalue weighted by atomic mass is 35.5. The van der Waals surface area contributed by atoms with Gasteiger partial charge >= 0.3 is 0 Å². The predicted molar refractivity (Wildman–Crippen MR) is 86.6 cm³/mol. The van der Waals surface area contributed by atoms with Crippen molar-refractivity contribution in [2.75, 3.05) is 0 Å². The molecule has 2 nitrogen and oxygen atoms in total. The van der Waals surface area contributed by atoms with Gasteiger partial charge in [0.15, 0.2) is 5.78 Å². The van der Waals surface area contributed by atoms with Crippen molar-refractivity contribution in [3.05, 3.63) is 63.1 Å². The zero-order valence-electron chi connectivity index (χ0n) is 11.7. The molecule has 2 rings (SSSR count). The van der Waals surface area contributed by atoms with Gasteiger partial charge in [-0.2, -0.15) is 0 Å². The molecule has 0 aromatic heterocycles. The highest BCUT2D eigenvalue weighted by Gasteiger charge is 2.17. The zero-order chi connectivity index (χ0) is 15.4. The van der Waals surface area contributed by atoms with Gasteiger partial charge in [-0.25, -0.2) is 0 Å². The molecule has 110 valence electrons. The predicted octanol–water partition coefficient (Wildman–Crippen LogP) is 5.27. The first-order valence-electron chi connectivity index (χ1n) is 6.84. The molecule has 0 fully saturated rings. The number of aromatic hydroxyl groups is 1. The summed E-state index contributed by atoms with van der Waals surface area (Å²) < 4.78 is 0.